The van der Waals surface area contributed by atoms with Crippen molar-refractivity contribution in [2.45, 2.75) is 26.3 Å². The molecule has 0 unspecified atom stereocenters. The van der Waals surface area contributed by atoms with Gasteiger partial charge < -0.3 is 10.1 Å². The van der Waals surface area contributed by atoms with Crippen LogP contribution in [-0.4, -0.2) is 10.5 Å². The molecule has 0 radical (unpaired) electrons. The van der Waals surface area contributed by atoms with Crippen LogP contribution in [0.3, 0.4) is 0 Å². The van der Waals surface area contributed by atoms with E-state index in [4.69, 9.17) is 16.3 Å². The second-order valence-corrected chi connectivity index (χ2v) is 6.70. The molecule has 3 nitrogen and oxygen atoms in total. The molecule has 0 amide bonds. The van der Waals surface area contributed by atoms with E-state index < -0.39 is 0 Å². The van der Waals surface area contributed by atoms with Gasteiger partial charge in [0.05, 0.1) is 4.47 Å². The van der Waals surface area contributed by atoms with Crippen LogP contribution in [0.1, 0.15) is 20.8 Å². The third-order valence-corrected chi connectivity index (χ3v) is 3.19. The van der Waals surface area contributed by atoms with Crippen LogP contribution in [0, 0.1) is 0 Å². The van der Waals surface area contributed by atoms with Crippen molar-refractivity contribution in [1.29, 1.82) is 0 Å². The van der Waals surface area contributed by atoms with Gasteiger partial charge in [0.1, 0.15) is 11.6 Å². The van der Waals surface area contributed by atoms with Crippen LogP contribution in [0.25, 0.3) is 0 Å². The first-order chi connectivity index (χ1) is 9.33. The summed E-state index contributed by atoms with van der Waals surface area (Å²) in [6, 6.07) is 11.0. The van der Waals surface area contributed by atoms with E-state index in [0.717, 1.165) is 10.3 Å². The van der Waals surface area contributed by atoms with Crippen LogP contribution in [0.4, 0.5) is 5.82 Å². The SMILES string of the molecule is CC(C)(C)Nc1cccc(Oc2ccc(Cl)cc2Br)n1. The lowest BCUT2D eigenvalue weighted by molar-refractivity contribution is 0.460. The van der Waals surface area contributed by atoms with Gasteiger partial charge in [-0.15, -0.1) is 0 Å². The normalized spacial score (nSPS) is 11.2. The summed E-state index contributed by atoms with van der Waals surface area (Å²) in [6.45, 7) is 6.24. The van der Waals surface area contributed by atoms with Crippen molar-refractivity contribution in [2.75, 3.05) is 5.32 Å². The fraction of sp³-hybridized carbons (Fsp3) is 0.267. The summed E-state index contributed by atoms with van der Waals surface area (Å²) >= 11 is 9.33. The molecule has 0 spiro atoms. The Morgan fingerprint density at radius 2 is 1.95 bits per heavy atom. The highest BCUT2D eigenvalue weighted by Gasteiger charge is 2.11. The van der Waals surface area contributed by atoms with Gasteiger partial charge in [0.15, 0.2) is 0 Å². The smallest absolute Gasteiger partial charge is 0.221 e. The molecule has 20 heavy (non-hydrogen) atoms. The molecule has 2 rings (SSSR count). The Labute approximate surface area is 132 Å². The minimum absolute atomic E-state index is 0.0491. The number of rotatable bonds is 3. The lowest BCUT2D eigenvalue weighted by Crippen LogP contribution is -2.26. The Morgan fingerprint density at radius 1 is 1.20 bits per heavy atom. The Hall–Kier alpha value is -1.26. The molecule has 106 valence electrons. The number of anilines is 1. The number of benzene rings is 1. The summed E-state index contributed by atoms with van der Waals surface area (Å²) in [5.74, 6) is 1.98. The lowest BCUT2D eigenvalue weighted by atomic mass is 10.1. The third-order valence-electron chi connectivity index (χ3n) is 2.34. The molecule has 0 fully saturated rings. The van der Waals surface area contributed by atoms with Gasteiger partial charge in [0.25, 0.3) is 0 Å². The molecule has 2 aromatic rings. The van der Waals surface area contributed by atoms with Crippen molar-refractivity contribution in [3.05, 3.63) is 45.9 Å². The first kappa shape index (κ1) is 15.1. The molecule has 0 aliphatic carbocycles. The zero-order chi connectivity index (χ0) is 14.8. The van der Waals surface area contributed by atoms with Crippen molar-refractivity contribution >= 4 is 33.3 Å². The molecule has 5 heteroatoms. The largest absolute Gasteiger partial charge is 0.438 e. The molecule has 0 saturated carbocycles. The highest BCUT2D eigenvalue weighted by molar-refractivity contribution is 9.10. The summed E-state index contributed by atoms with van der Waals surface area (Å²) in [6.07, 6.45) is 0. The Morgan fingerprint density at radius 3 is 2.60 bits per heavy atom. The summed E-state index contributed by atoms with van der Waals surface area (Å²) in [4.78, 5) is 4.43. The van der Waals surface area contributed by atoms with Gasteiger partial charge in [0.2, 0.25) is 5.88 Å². The highest BCUT2D eigenvalue weighted by Crippen LogP contribution is 2.31. The maximum Gasteiger partial charge on any atom is 0.221 e. The first-order valence-corrected chi connectivity index (χ1v) is 7.39. The molecule has 0 bridgehead atoms. The molecule has 1 aromatic heterocycles. The predicted octanol–water partition coefficient (Wildman–Crippen LogP) is 5.50. The Balaban J connectivity index is 2.19. The van der Waals surface area contributed by atoms with Gasteiger partial charge in [-0.2, -0.15) is 4.98 Å². The van der Waals surface area contributed by atoms with Crippen LogP contribution in [-0.2, 0) is 0 Å². The van der Waals surface area contributed by atoms with E-state index in [9.17, 15) is 0 Å². The van der Waals surface area contributed by atoms with Crippen molar-refractivity contribution in [3.63, 3.8) is 0 Å². The number of halogens is 2. The number of pyridine rings is 1. The summed E-state index contributed by atoms with van der Waals surface area (Å²) in [5, 5.41) is 3.96. The van der Waals surface area contributed by atoms with Crippen LogP contribution in [0.2, 0.25) is 5.02 Å². The van der Waals surface area contributed by atoms with Gasteiger partial charge in [-0.1, -0.05) is 17.7 Å². The molecule has 1 heterocycles. The topological polar surface area (TPSA) is 34.1 Å². The molecular weight excluding hydrogens is 340 g/mol. The van der Waals surface area contributed by atoms with Crippen molar-refractivity contribution in [1.82, 2.24) is 4.98 Å². The number of nitrogens with zero attached hydrogens (tertiary/aromatic N) is 1. The predicted molar refractivity (Wildman–Crippen MR) is 86.8 cm³/mol. The number of ether oxygens (including phenoxy) is 1. The quantitative estimate of drug-likeness (QED) is 0.789. The Bertz CT molecular complexity index is 611. The lowest BCUT2D eigenvalue weighted by Gasteiger charge is -2.21. The van der Waals surface area contributed by atoms with E-state index in [1.165, 1.54) is 0 Å². The van der Waals surface area contributed by atoms with Crippen LogP contribution in [0.5, 0.6) is 11.6 Å². The van der Waals surface area contributed by atoms with Gasteiger partial charge in [0, 0.05) is 16.6 Å². The minimum atomic E-state index is -0.0491. The second-order valence-electron chi connectivity index (χ2n) is 5.41. The fourth-order valence-corrected chi connectivity index (χ4v) is 2.36. The van der Waals surface area contributed by atoms with E-state index in [1.807, 2.05) is 18.2 Å². The van der Waals surface area contributed by atoms with Crippen LogP contribution >= 0.6 is 27.5 Å². The molecular formula is C15H16BrClN2O. The molecule has 1 N–H and O–H groups in total. The molecule has 0 aliphatic rings. The van der Waals surface area contributed by atoms with E-state index in [0.29, 0.717) is 16.7 Å². The van der Waals surface area contributed by atoms with E-state index in [1.54, 1.807) is 18.2 Å². The summed E-state index contributed by atoms with van der Waals surface area (Å²) < 4.78 is 6.56. The van der Waals surface area contributed by atoms with Crippen molar-refractivity contribution < 1.29 is 4.74 Å². The van der Waals surface area contributed by atoms with Crippen molar-refractivity contribution in [3.8, 4) is 11.6 Å². The highest BCUT2D eigenvalue weighted by atomic mass is 79.9. The average molecular weight is 356 g/mol. The third kappa shape index (κ3) is 4.39. The Kier molecular flexibility index (Phi) is 4.55. The average Bonchev–Trinajstić information content (AvgIpc) is 2.31. The molecule has 1 aromatic carbocycles. The van der Waals surface area contributed by atoms with Crippen LogP contribution in [0.15, 0.2) is 40.9 Å². The maximum absolute atomic E-state index is 5.91. The van der Waals surface area contributed by atoms with Crippen LogP contribution < -0.4 is 10.1 Å². The molecule has 0 aliphatic heterocycles. The van der Waals surface area contributed by atoms with E-state index >= 15 is 0 Å². The zero-order valence-electron chi connectivity index (χ0n) is 11.6. The van der Waals surface area contributed by atoms with Crippen molar-refractivity contribution in [2.24, 2.45) is 0 Å². The second kappa shape index (κ2) is 6.02. The minimum Gasteiger partial charge on any atom is -0.438 e. The van der Waals surface area contributed by atoms with E-state index in [2.05, 4.69) is 47.0 Å². The fourth-order valence-electron chi connectivity index (χ4n) is 1.60. The standard InChI is InChI=1S/C15H16BrClN2O/c1-15(2,3)19-13-5-4-6-14(18-13)20-12-8-7-10(17)9-11(12)16/h4-9H,1-3H3,(H,18,19). The van der Waals surface area contributed by atoms with Gasteiger partial charge in [-0.05, 0) is 61.0 Å². The summed E-state index contributed by atoms with van der Waals surface area (Å²) in [5.41, 5.74) is -0.0491. The first-order valence-electron chi connectivity index (χ1n) is 6.22. The monoisotopic (exact) mass is 354 g/mol. The summed E-state index contributed by atoms with van der Waals surface area (Å²) in [7, 11) is 0. The molecule has 0 saturated heterocycles. The molecule has 0 atom stereocenters. The number of hydrogen-bond donors (Lipinski definition) is 1. The van der Waals surface area contributed by atoms with Gasteiger partial charge in [-0.3, -0.25) is 0 Å². The van der Waals surface area contributed by atoms with Gasteiger partial charge >= 0.3 is 0 Å². The number of nitrogens with one attached hydrogen (secondary N) is 1. The van der Waals surface area contributed by atoms with E-state index in [-0.39, 0.29) is 5.54 Å². The van der Waals surface area contributed by atoms with Gasteiger partial charge in [-0.25, -0.2) is 0 Å². The number of aromatic nitrogens is 1. The number of hydrogen-bond acceptors (Lipinski definition) is 3. The zero-order valence-corrected chi connectivity index (χ0v) is 13.9. The maximum atomic E-state index is 5.91.